The number of hydrogen-bond acceptors (Lipinski definition) is 2. The van der Waals surface area contributed by atoms with Gasteiger partial charge in [0, 0.05) is 16.9 Å². The van der Waals surface area contributed by atoms with Crippen LogP contribution in [-0.4, -0.2) is 22.4 Å². The molecule has 0 aromatic heterocycles. The average Bonchev–Trinajstić information content (AvgIpc) is 2.58. The summed E-state index contributed by atoms with van der Waals surface area (Å²) in [4.78, 5) is 11.8. The molecule has 0 unspecified atom stereocenters. The average molecular weight is 369 g/mol. The van der Waals surface area contributed by atoms with Crippen LogP contribution in [0.25, 0.3) is 0 Å². The van der Waals surface area contributed by atoms with E-state index in [0.29, 0.717) is 40.9 Å². The number of hydrogen-bond donors (Lipinski definition) is 1. The maximum atomic E-state index is 11.8. The fourth-order valence-corrected chi connectivity index (χ4v) is 7.23. The van der Waals surface area contributed by atoms with Crippen LogP contribution in [0.15, 0.2) is 22.8 Å². The minimum atomic E-state index is -1.09. The maximum absolute atomic E-state index is 11.8. The van der Waals surface area contributed by atoms with Crippen LogP contribution in [0.2, 0.25) is 0 Å². The van der Waals surface area contributed by atoms with Gasteiger partial charge in [-0.25, -0.2) is 0 Å². The van der Waals surface area contributed by atoms with Crippen molar-refractivity contribution in [1.82, 2.24) is 0 Å². The Labute approximate surface area is 154 Å². The van der Waals surface area contributed by atoms with Gasteiger partial charge in [-0.2, -0.15) is 0 Å². The molecule has 1 N–H and O–H groups in total. The fourth-order valence-electron chi connectivity index (χ4n) is 6.34. The standard InChI is InChI=1S/C20H26Cl2O2/c1-19-9-8-15-14-5-3-13(23)10-12(14)2-4-16(15)17(19)6-7-18(22)20(19,24)11-21/h7,10,14-17,24H,2-6,8-9,11H2,1H3/t14-,15+,16+,17-,19-,20-/m0/s1. The van der Waals surface area contributed by atoms with Gasteiger partial charge >= 0.3 is 0 Å². The minimum absolute atomic E-state index is 0.163. The van der Waals surface area contributed by atoms with E-state index in [0.717, 1.165) is 38.5 Å². The number of alkyl halides is 1. The molecule has 0 spiro atoms. The Balaban J connectivity index is 1.68. The molecule has 2 fully saturated rings. The largest absolute Gasteiger partial charge is 0.382 e. The van der Waals surface area contributed by atoms with Gasteiger partial charge in [-0.1, -0.05) is 30.2 Å². The molecule has 0 radical (unpaired) electrons. The summed E-state index contributed by atoms with van der Waals surface area (Å²) in [5, 5.41) is 11.8. The summed E-state index contributed by atoms with van der Waals surface area (Å²) in [5.41, 5.74) is 0.0592. The van der Waals surface area contributed by atoms with Gasteiger partial charge in [0.05, 0.1) is 5.88 Å². The van der Waals surface area contributed by atoms with Crippen LogP contribution >= 0.6 is 23.2 Å². The summed E-state index contributed by atoms with van der Waals surface area (Å²) in [6.07, 6.45) is 10.9. The molecular weight excluding hydrogens is 343 g/mol. The number of rotatable bonds is 1. The maximum Gasteiger partial charge on any atom is 0.155 e. The molecule has 0 aliphatic heterocycles. The molecule has 2 nitrogen and oxygen atoms in total. The second-order valence-electron chi connectivity index (χ2n) is 8.54. The molecular formula is C20H26Cl2O2. The minimum Gasteiger partial charge on any atom is -0.382 e. The van der Waals surface area contributed by atoms with E-state index in [1.165, 1.54) is 5.57 Å². The highest BCUT2D eigenvalue weighted by atomic mass is 35.5. The topological polar surface area (TPSA) is 37.3 Å². The van der Waals surface area contributed by atoms with Crippen LogP contribution in [0.5, 0.6) is 0 Å². The van der Waals surface area contributed by atoms with E-state index in [9.17, 15) is 9.90 Å². The van der Waals surface area contributed by atoms with E-state index in [-0.39, 0.29) is 11.3 Å². The molecule has 4 aliphatic carbocycles. The highest BCUT2D eigenvalue weighted by Crippen LogP contribution is 2.63. The number of allylic oxidation sites excluding steroid dienone is 3. The number of ketones is 1. The molecule has 0 amide bonds. The highest BCUT2D eigenvalue weighted by molar-refractivity contribution is 6.32. The molecule has 6 atom stereocenters. The third-order valence-electron chi connectivity index (χ3n) is 7.77. The lowest BCUT2D eigenvalue weighted by molar-refractivity contribution is -0.131. The Bertz CT molecular complexity index is 625. The third-order valence-corrected chi connectivity index (χ3v) is 8.63. The van der Waals surface area contributed by atoms with Crippen molar-refractivity contribution in [3.63, 3.8) is 0 Å². The number of aliphatic hydroxyl groups is 1. The lowest BCUT2D eigenvalue weighted by atomic mass is 9.46. The normalized spacial score (nSPS) is 47.9. The van der Waals surface area contributed by atoms with E-state index >= 15 is 0 Å². The summed E-state index contributed by atoms with van der Waals surface area (Å²) in [6, 6.07) is 0. The van der Waals surface area contributed by atoms with Crippen LogP contribution in [0.1, 0.15) is 51.9 Å². The van der Waals surface area contributed by atoms with Crippen LogP contribution in [0.3, 0.4) is 0 Å². The van der Waals surface area contributed by atoms with Crippen molar-refractivity contribution in [3.8, 4) is 0 Å². The van der Waals surface area contributed by atoms with Gasteiger partial charge in [0.25, 0.3) is 0 Å². The smallest absolute Gasteiger partial charge is 0.155 e. The van der Waals surface area contributed by atoms with Crippen molar-refractivity contribution < 1.29 is 9.90 Å². The predicted octanol–water partition coefficient (Wildman–Crippen LogP) is 4.83. The Morgan fingerprint density at radius 1 is 1.25 bits per heavy atom. The molecule has 132 valence electrons. The van der Waals surface area contributed by atoms with Crippen molar-refractivity contribution >= 4 is 29.0 Å². The zero-order chi connectivity index (χ0) is 17.1. The van der Waals surface area contributed by atoms with Gasteiger partial charge in [0.15, 0.2) is 5.78 Å². The Morgan fingerprint density at radius 2 is 2.04 bits per heavy atom. The van der Waals surface area contributed by atoms with E-state index in [4.69, 9.17) is 23.2 Å². The molecule has 0 aromatic rings. The summed E-state index contributed by atoms with van der Waals surface area (Å²) in [7, 11) is 0. The van der Waals surface area contributed by atoms with Crippen LogP contribution < -0.4 is 0 Å². The Hall–Kier alpha value is -0.310. The number of halogens is 2. The first-order valence-corrected chi connectivity index (χ1v) is 10.2. The van der Waals surface area contributed by atoms with E-state index < -0.39 is 5.60 Å². The van der Waals surface area contributed by atoms with Crippen molar-refractivity contribution in [2.24, 2.45) is 29.1 Å². The molecule has 0 saturated heterocycles. The van der Waals surface area contributed by atoms with Gasteiger partial charge in [0.1, 0.15) is 5.60 Å². The highest BCUT2D eigenvalue weighted by Gasteiger charge is 2.60. The molecule has 0 aromatic carbocycles. The molecule has 2 saturated carbocycles. The quantitative estimate of drug-likeness (QED) is 0.672. The second kappa shape index (κ2) is 5.86. The van der Waals surface area contributed by atoms with Crippen molar-refractivity contribution in [3.05, 3.63) is 22.8 Å². The fraction of sp³-hybridized carbons (Fsp3) is 0.750. The van der Waals surface area contributed by atoms with Crippen LogP contribution in [-0.2, 0) is 4.79 Å². The van der Waals surface area contributed by atoms with Crippen molar-refractivity contribution in [2.75, 3.05) is 5.88 Å². The van der Waals surface area contributed by atoms with Gasteiger partial charge < -0.3 is 5.11 Å². The van der Waals surface area contributed by atoms with Crippen LogP contribution in [0, 0.1) is 29.1 Å². The van der Waals surface area contributed by atoms with E-state index in [1.807, 2.05) is 12.2 Å². The van der Waals surface area contributed by atoms with E-state index in [2.05, 4.69) is 6.92 Å². The third kappa shape index (κ3) is 2.22. The monoisotopic (exact) mass is 368 g/mol. The van der Waals surface area contributed by atoms with Gasteiger partial charge in [-0.3, -0.25) is 4.79 Å². The number of carbonyl (C=O) groups is 1. The summed E-state index contributed by atoms with van der Waals surface area (Å²) >= 11 is 12.6. The van der Waals surface area contributed by atoms with Gasteiger partial charge in [-0.15, -0.1) is 11.6 Å². The first-order valence-electron chi connectivity index (χ1n) is 9.28. The molecule has 24 heavy (non-hydrogen) atoms. The van der Waals surface area contributed by atoms with Crippen molar-refractivity contribution in [1.29, 1.82) is 0 Å². The second-order valence-corrected chi connectivity index (χ2v) is 9.22. The van der Waals surface area contributed by atoms with Gasteiger partial charge in [-0.05, 0) is 68.3 Å². The molecule has 4 rings (SSSR count). The molecule has 4 aliphatic rings. The summed E-state index contributed by atoms with van der Waals surface area (Å²) in [6.45, 7) is 2.20. The Morgan fingerprint density at radius 3 is 2.79 bits per heavy atom. The summed E-state index contributed by atoms with van der Waals surface area (Å²) < 4.78 is 0. The lowest BCUT2D eigenvalue weighted by Crippen LogP contribution is -2.60. The number of carbonyl (C=O) groups excluding carboxylic acids is 1. The predicted molar refractivity (Wildman–Crippen MR) is 97.1 cm³/mol. The molecule has 0 bridgehead atoms. The van der Waals surface area contributed by atoms with Crippen molar-refractivity contribution in [2.45, 2.75) is 57.5 Å². The molecule has 0 heterocycles. The Kier molecular flexibility index (Phi) is 4.18. The first-order chi connectivity index (χ1) is 11.4. The SMILES string of the molecule is C[C@]12CC[C@H]3[C@@H](CCC4=CC(=O)CC[C@@H]43)[C@@H]1CC=C(Cl)[C@@]2(O)CCl. The van der Waals surface area contributed by atoms with Crippen LogP contribution in [0.4, 0.5) is 0 Å². The number of fused-ring (bicyclic) bond motifs is 5. The zero-order valence-corrected chi connectivity index (χ0v) is 15.7. The summed E-state index contributed by atoms with van der Waals surface area (Å²) in [5.74, 6) is 2.74. The lowest BCUT2D eigenvalue weighted by Gasteiger charge is -2.60. The zero-order valence-electron chi connectivity index (χ0n) is 14.2. The first kappa shape index (κ1) is 17.1. The van der Waals surface area contributed by atoms with E-state index in [1.54, 1.807) is 0 Å². The molecule has 4 heteroatoms. The van der Waals surface area contributed by atoms with Gasteiger partial charge in [0.2, 0.25) is 0 Å².